The van der Waals surface area contributed by atoms with Crippen LogP contribution in [0.15, 0.2) is 36.5 Å². The number of benzene rings is 1. The quantitative estimate of drug-likeness (QED) is 0.650. The summed E-state index contributed by atoms with van der Waals surface area (Å²) in [4.78, 5) is 26.4. The lowest BCUT2D eigenvalue weighted by Gasteiger charge is -2.09. The number of nitrogen functional groups attached to an aromatic ring is 1. The number of nitrogens with zero attached hydrogens (tertiary/aromatic N) is 1. The zero-order valence-electron chi connectivity index (χ0n) is 10.8. The highest BCUT2D eigenvalue weighted by molar-refractivity contribution is 5.97. The molecular weight excluding hydrogens is 258 g/mol. The molecule has 2 rings (SSSR count). The summed E-state index contributed by atoms with van der Waals surface area (Å²) in [6.07, 6.45) is 1.31. The molecule has 0 fully saturated rings. The van der Waals surface area contributed by atoms with Crippen LogP contribution in [-0.4, -0.2) is 16.7 Å². The number of anilines is 1. The van der Waals surface area contributed by atoms with E-state index in [-0.39, 0.29) is 17.2 Å². The van der Waals surface area contributed by atoms with Gasteiger partial charge in [-0.25, -0.2) is 4.98 Å². The fraction of sp³-hybridized carbons (Fsp3) is 0.0714. The van der Waals surface area contributed by atoms with Gasteiger partial charge >= 0.3 is 0 Å². The molecule has 0 radical (unpaired) electrons. The van der Waals surface area contributed by atoms with Crippen molar-refractivity contribution in [2.24, 2.45) is 5.73 Å². The third-order valence-electron chi connectivity index (χ3n) is 2.62. The average Bonchev–Trinajstić information content (AvgIpc) is 2.41. The number of aromatic nitrogens is 1. The van der Waals surface area contributed by atoms with E-state index in [2.05, 4.69) is 4.98 Å². The summed E-state index contributed by atoms with van der Waals surface area (Å²) >= 11 is 0. The first-order valence-corrected chi connectivity index (χ1v) is 5.81. The number of hydrogen-bond acceptors (Lipinski definition) is 5. The van der Waals surface area contributed by atoms with E-state index < -0.39 is 5.91 Å². The monoisotopic (exact) mass is 271 g/mol. The summed E-state index contributed by atoms with van der Waals surface area (Å²) in [5.41, 5.74) is 11.9. The number of ether oxygens (including phenoxy) is 1. The molecular formula is C14H13N3O3. The molecule has 0 saturated heterocycles. The molecule has 6 nitrogen and oxygen atoms in total. The van der Waals surface area contributed by atoms with Crippen LogP contribution in [0.5, 0.6) is 11.6 Å². The minimum Gasteiger partial charge on any atom is -0.438 e. The number of carbonyl (C=O) groups excluding carboxylic acids is 2. The topological polar surface area (TPSA) is 108 Å². The highest BCUT2D eigenvalue weighted by atomic mass is 16.5. The first kappa shape index (κ1) is 13.5. The van der Waals surface area contributed by atoms with Crippen molar-refractivity contribution >= 4 is 17.4 Å². The molecule has 102 valence electrons. The molecule has 1 heterocycles. The Labute approximate surface area is 115 Å². The van der Waals surface area contributed by atoms with Gasteiger partial charge in [-0.2, -0.15) is 0 Å². The van der Waals surface area contributed by atoms with Crippen LogP contribution in [0.1, 0.15) is 27.6 Å². The molecule has 0 spiro atoms. The van der Waals surface area contributed by atoms with Crippen molar-refractivity contribution in [1.82, 2.24) is 4.98 Å². The molecule has 1 aromatic carbocycles. The zero-order valence-corrected chi connectivity index (χ0v) is 10.8. The lowest BCUT2D eigenvalue weighted by atomic mass is 10.1. The van der Waals surface area contributed by atoms with Crippen LogP contribution >= 0.6 is 0 Å². The molecule has 1 aromatic heterocycles. The Hall–Kier alpha value is -2.89. The van der Waals surface area contributed by atoms with Crippen LogP contribution < -0.4 is 16.2 Å². The van der Waals surface area contributed by atoms with Gasteiger partial charge < -0.3 is 16.2 Å². The molecule has 0 unspecified atom stereocenters. The molecule has 0 aliphatic carbocycles. The Bertz CT molecular complexity index is 666. The van der Waals surface area contributed by atoms with E-state index in [0.717, 1.165) is 0 Å². The number of nitrogens with two attached hydrogens (primary N) is 2. The van der Waals surface area contributed by atoms with Crippen molar-refractivity contribution < 1.29 is 14.3 Å². The van der Waals surface area contributed by atoms with E-state index in [1.54, 1.807) is 12.1 Å². The molecule has 1 amide bonds. The molecule has 0 aliphatic heterocycles. The number of carbonyl (C=O) groups is 2. The molecule has 4 N–H and O–H groups in total. The van der Waals surface area contributed by atoms with Crippen molar-refractivity contribution in [3.63, 3.8) is 0 Å². The summed E-state index contributed by atoms with van der Waals surface area (Å²) in [5.74, 6) is -0.129. The fourth-order valence-corrected chi connectivity index (χ4v) is 1.61. The summed E-state index contributed by atoms with van der Waals surface area (Å²) < 4.78 is 5.52. The van der Waals surface area contributed by atoms with Crippen LogP contribution in [0.4, 0.5) is 5.69 Å². The Morgan fingerprint density at radius 1 is 1.20 bits per heavy atom. The van der Waals surface area contributed by atoms with Crippen LogP contribution in [-0.2, 0) is 0 Å². The van der Waals surface area contributed by atoms with Crippen molar-refractivity contribution in [3.05, 3.63) is 47.7 Å². The molecule has 0 aliphatic rings. The third-order valence-corrected chi connectivity index (χ3v) is 2.62. The standard InChI is InChI=1S/C14H13N3O3/c1-8(18)11-6-10(15)3-4-12(11)20-13-5-2-9(7-17-13)14(16)19/h2-7H,15H2,1H3,(H2,16,19). The maximum absolute atomic E-state index is 11.5. The minimum absolute atomic E-state index is 0.166. The summed E-state index contributed by atoms with van der Waals surface area (Å²) in [6, 6.07) is 7.75. The van der Waals surface area contributed by atoms with Crippen molar-refractivity contribution in [2.45, 2.75) is 6.92 Å². The number of Topliss-reactive ketones (excluding diaryl/α,β-unsaturated/α-hetero) is 1. The van der Waals surface area contributed by atoms with Gasteiger partial charge in [-0.15, -0.1) is 0 Å². The lowest BCUT2D eigenvalue weighted by molar-refractivity contribution is 0.0996. The molecule has 20 heavy (non-hydrogen) atoms. The second-order valence-electron chi connectivity index (χ2n) is 4.16. The van der Waals surface area contributed by atoms with Gasteiger partial charge in [-0.1, -0.05) is 0 Å². The van der Waals surface area contributed by atoms with Gasteiger partial charge in [-0.3, -0.25) is 9.59 Å². The predicted molar refractivity (Wildman–Crippen MR) is 73.7 cm³/mol. The van der Waals surface area contributed by atoms with Gasteiger partial charge in [0.2, 0.25) is 11.8 Å². The molecule has 6 heteroatoms. The van der Waals surface area contributed by atoms with Crippen molar-refractivity contribution in [2.75, 3.05) is 5.73 Å². The number of rotatable bonds is 4. The number of pyridine rings is 1. The lowest BCUT2D eigenvalue weighted by Crippen LogP contribution is -2.11. The van der Waals surface area contributed by atoms with Gasteiger partial charge in [0, 0.05) is 18.0 Å². The first-order chi connectivity index (χ1) is 9.47. The highest BCUT2D eigenvalue weighted by Gasteiger charge is 2.11. The van der Waals surface area contributed by atoms with Crippen LogP contribution in [0, 0.1) is 0 Å². The maximum atomic E-state index is 11.5. The van der Waals surface area contributed by atoms with E-state index in [9.17, 15) is 9.59 Å². The first-order valence-electron chi connectivity index (χ1n) is 5.81. The van der Waals surface area contributed by atoms with E-state index in [0.29, 0.717) is 17.0 Å². The van der Waals surface area contributed by atoms with E-state index in [1.807, 2.05) is 0 Å². The number of primary amides is 1. The van der Waals surface area contributed by atoms with Crippen molar-refractivity contribution in [1.29, 1.82) is 0 Å². The second kappa shape index (κ2) is 5.40. The number of hydrogen-bond donors (Lipinski definition) is 2. The fourth-order valence-electron chi connectivity index (χ4n) is 1.61. The zero-order chi connectivity index (χ0) is 14.7. The molecule has 0 saturated carbocycles. The van der Waals surface area contributed by atoms with Gasteiger partial charge in [0.25, 0.3) is 0 Å². The Morgan fingerprint density at radius 3 is 2.50 bits per heavy atom. The predicted octanol–water partition coefficient (Wildman–Crippen LogP) is 1.76. The highest BCUT2D eigenvalue weighted by Crippen LogP contribution is 2.26. The average molecular weight is 271 g/mol. The largest absolute Gasteiger partial charge is 0.438 e. The van der Waals surface area contributed by atoms with Gasteiger partial charge in [0.1, 0.15) is 5.75 Å². The number of amides is 1. The van der Waals surface area contributed by atoms with Gasteiger partial charge in [-0.05, 0) is 31.2 Å². The second-order valence-corrected chi connectivity index (χ2v) is 4.16. The van der Waals surface area contributed by atoms with E-state index in [4.69, 9.17) is 16.2 Å². The Kier molecular flexibility index (Phi) is 3.65. The maximum Gasteiger partial charge on any atom is 0.250 e. The van der Waals surface area contributed by atoms with E-state index in [1.165, 1.54) is 31.3 Å². The molecule has 2 aromatic rings. The van der Waals surface area contributed by atoms with Crippen LogP contribution in [0.25, 0.3) is 0 Å². The summed E-state index contributed by atoms with van der Waals surface area (Å²) in [6.45, 7) is 1.42. The normalized spacial score (nSPS) is 10.1. The van der Waals surface area contributed by atoms with Gasteiger partial charge in [0.15, 0.2) is 5.78 Å². The third kappa shape index (κ3) is 2.92. The van der Waals surface area contributed by atoms with Gasteiger partial charge in [0.05, 0.1) is 11.1 Å². The van der Waals surface area contributed by atoms with E-state index >= 15 is 0 Å². The molecule has 0 bridgehead atoms. The Morgan fingerprint density at radius 2 is 1.95 bits per heavy atom. The van der Waals surface area contributed by atoms with Crippen LogP contribution in [0.2, 0.25) is 0 Å². The minimum atomic E-state index is -0.569. The van der Waals surface area contributed by atoms with Crippen molar-refractivity contribution in [3.8, 4) is 11.6 Å². The molecule has 0 atom stereocenters. The smallest absolute Gasteiger partial charge is 0.250 e. The van der Waals surface area contributed by atoms with Crippen LogP contribution in [0.3, 0.4) is 0 Å². The number of ketones is 1. The summed E-state index contributed by atoms with van der Waals surface area (Å²) in [5, 5.41) is 0. The Balaban J connectivity index is 2.30. The SMILES string of the molecule is CC(=O)c1cc(N)ccc1Oc1ccc(C(N)=O)cn1. The summed E-state index contributed by atoms with van der Waals surface area (Å²) in [7, 11) is 0.